The van der Waals surface area contributed by atoms with Crippen LogP contribution in [0.25, 0.3) is 0 Å². The van der Waals surface area contributed by atoms with Gasteiger partial charge in [0.25, 0.3) is 0 Å². The lowest BCUT2D eigenvalue weighted by molar-refractivity contribution is 0.449. The topological polar surface area (TPSA) is 17.8 Å². The summed E-state index contributed by atoms with van der Waals surface area (Å²) in [5.74, 6) is 4.59. The third-order valence-corrected chi connectivity index (χ3v) is 5.17. The van der Waals surface area contributed by atoms with Crippen molar-refractivity contribution in [3.63, 3.8) is 0 Å². The monoisotopic (exact) mass is 222 g/mol. The van der Waals surface area contributed by atoms with Gasteiger partial charge in [0.2, 0.25) is 0 Å². The Hall–Kier alpha value is -0.500. The number of nitrogens with zero attached hydrogens (tertiary/aromatic N) is 2. The molecule has 0 aliphatic heterocycles. The van der Waals surface area contributed by atoms with Crippen LogP contribution in [0.3, 0.4) is 0 Å². The molecule has 2 nitrogen and oxygen atoms in total. The molecule has 3 heteroatoms. The minimum Gasteiger partial charge on any atom is -0.330 e. The van der Waals surface area contributed by atoms with E-state index in [9.17, 15) is 0 Å². The summed E-state index contributed by atoms with van der Waals surface area (Å²) in [6.07, 6.45) is 8.38. The fourth-order valence-corrected chi connectivity index (χ4v) is 4.56. The molecule has 4 unspecified atom stereocenters. The number of rotatable bonds is 2. The molecule has 0 saturated heterocycles. The van der Waals surface area contributed by atoms with Gasteiger partial charge in [-0.2, -0.15) is 0 Å². The predicted octanol–water partition coefficient (Wildman–Crippen LogP) is 2.84. The molecule has 4 atom stereocenters. The van der Waals surface area contributed by atoms with E-state index in [4.69, 9.17) is 11.6 Å². The van der Waals surface area contributed by atoms with Crippen LogP contribution in [-0.4, -0.2) is 9.55 Å². The summed E-state index contributed by atoms with van der Waals surface area (Å²) in [6.45, 7) is 0. The number of imidazole rings is 1. The standard InChI is InChI=1S/C12H15ClN2/c13-4-9-5-14-6-15(9)12-10-7-1-2-8(3-7)11(10)12/h5-8,10-12H,1-4H2. The number of fused-ring (bicyclic) bond motifs is 5. The largest absolute Gasteiger partial charge is 0.330 e. The van der Waals surface area contributed by atoms with Crippen LogP contribution < -0.4 is 0 Å². The van der Waals surface area contributed by atoms with Crippen LogP contribution in [0.4, 0.5) is 0 Å². The molecule has 3 fully saturated rings. The first-order chi connectivity index (χ1) is 7.40. The first-order valence-electron chi connectivity index (χ1n) is 5.97. The molecule has 3 aliphatic carbocycles. The van der Waals surface area contributed by atoms with E-state index in [-0.39, 0.29) is 0 Å². The van der Waals surface area contributed by atoms with Crippen LogP contribution in [0.15, 0.2) is 12.5 Å². The zero-order chi connectivity index (χ0) is 9.99. The summed E-state index contributed by atoms with van der Waals surface area (Å²) in [6, 6.07) is 0.757. The van der Waals surface area contributed by atoms with Crippen LogP contribution in [0.2, 0.25) is 0 Å². The van der Waals surface area contributed by atoms with E-state index in [0.29, 0.717) is 5.88 Å². The Bertz CT molecular complexity index is 384. The first-order valence-corrected chi connectivity index (χ1v) is 6.50. The summed E-state index contributed by atoms with van der Waals surface area (Å²) >= 11 is 5.93. The highest BCUT2D eigenvalue weighted by Gasteiger charge is 2.65. The van der Waals surface area contributed by atoms with Gasteiger partial charge >= 0.3 is 0 Å². The first kappa shape index (κ1) is 8.63. The average Bonchev–Trinajstić information content (AvgIpc) is 2.72. The highest BCUT2D eigenvalue weighted by molar-refractivity contribution is 6.16. The SMILES string of the molecule is ClCc1cncn1C1C2C3CCC(C3)C21. The van der Waals surface area contributed by atoms with Crippen molar-refractivity contribution >= 4 is 11.6 Å². The van der Waals surface area contributed by atoms with Gasteiger partial charge in [0, 0.05) is 12.2 Å². The van der Waals surface area contributed by atoms with Crippen molar-refractivity contribution in [1.29, 1.82) is 0 Å². The van der Waals surface area contributed by atoms with E-state index in [0.717, 1.165) is 29.7 Å². The molecular weight excluding hydrogens is 208 g/mol. The second-order valence-corrected chi connectivity index (χ2v) is 5.67. The summed E-state index contributed by atoms with van der Waals surface area (Å²) < 4.78 is 2.35. The van der Waals surface area contributed by atoms with Gasteiger partial charge in [0.15, 0.2) is 0 Å². The van der Waals surface area contributed by atoms with Crippen LogP contribution >= 0.6 is 11.6 Å². The van der Waals surface area contributed by atoms with Crippen LogP contribution in [0.5, 0.6) is 0 Å². The van der Waals surface area contributed by atoms with Gasteiger partial charge < -0.3 is 4.57 Å². The quantitative estimate of drug-likeness (QED) is 0.704. The maximum Gasteiger partial charge on any atom is 0.0951 e. The normalized spacial score (nSPS) is 45.8. The zero-order valence-corrected chi connectivity index (χ0v) is 9.40. The van der Waals surface area contributed by atoms with Gasteiger partial charge in [-0.3, -0.25) is 0 Å². The Morgan fingerprint density at radius 1 is 1.33 bits per heavy atom. The van der Waals surface area contributed by atoms with Crippen molar-refractivity contribution in [2.24, 2.45) is 23.7 Å². The third-order valence-electron chi connectivity index (χ3n) is 4.90. The summed E-state index contributed by atoms with van der Waals surface area (Å²) in [5, 5.41) is 0. The molecule has 2 bridgehead atoms. The van der Waals surface area contributed by atoms with Gasteiger partial charge in [0.1, 0.15) is 0 Å². The van der Waals surface area contributed by atoms with Crippen molar-refractivity contribution in [2.45, 2.75) is 31.2 Å². The molecule has 15 heavy (non-hydrogen) atoms. The summed E-state index contributed by atoms with van der Waals surface area (Å²) in [5.41, 5.74) is 1.20. The second kappa shape index (κ2) is 2.79. The van der Waals surface area contributed by atoms with Crippen molar-refractivity contribution in [1.82, 2.24) is 9.55 Å². The van der Waals surface area contributed by atoms with Crippen molar-refractivity contribution in [2.75, 3.05) is 0 Å². The maximum atomic E-state index is 5.93. The minimum absolute atomic E-state index is 0.602. The molecule has 1 aromatic heterocycles. The molecule has 0 spiro atoms. The van der Waals surface area contributed by atoms with E-state index in [1.807, 2.05) is 12.5 Å². The third kappa shape index (κ3) is 0.988. The molecule has 0 radical (unpaired) electrons. The molecule has 0 aromatic carbocycles. The van der Waals surface area contributed by atoms with Gasteiger partial charge in [-0.1, -0.05) is 0 Å². The molecule has 0 amide bonds. The summed E-state index contributed by atoms with van der Waals surface area (Å²) in [4.78, 5) is 4.23. The van der Waals surface area contributed by atoms with E-state index in [1.54, 1.807) is 0 Å². The second-order valence-electron chi connectivity index (χ2n) is 5.40. The van der Waals surface area contributed by atoms with E-state index >= 15 is 0 Å². The van der Waals surface area contributed by atoms with E-state index in [1.165, 1.54) is 25.0 Å². The lowest BCUT2D eigenvalue weighted by Gasteiger charge is -2.11. The van der Waals surface area contributed by atoms with E-state index in [2.05, 4.69) is 9.55 Å². The zero-order valence-electron chi connectivity index (χ0n) is 8.64. The average molecular weight is 223 g/mol. The predicted molar refractivity (Wildman–Crippen MR) is 58.6 cm³/mol. The Morgan fingerprint density at radius 3 is 2.73 bits per heavy atom. The lowest BCUT2D eigenvalue weighted by atomic mass is 10.0. The highest BCUT2D eigenvalue weighted by atomic mass is 35.5. The molecule has 0 N–H and O–H groups in total. The molecule has 1 heterocycles. The van der Waals surface area contributed by atoms with E-state index < -0.39 is 0 Å². The van der Waals surface area contributed by atoms with Gasteiger partial charge in [-0.05, 0) is 42.9 Å². The molecule has 3 saturated carbocycles. The van der Waals surface area contributed by atoms with Crippen molar-refractivity contribution < 1.29 is 0 Å². The fourth-order valence-electron chi connectivity index (χ4n) is 4.35. The highest BCUT2D eigenvalue weighted by Crippen LogP contribution is 2.71. The number of aromatic nitrogens is 2. The van der Waals surface area contributed by atoms with Gasteiger partial charge in [-0.15, -0.1) is 11.6 Å². The van der Waals surface area contributed by atoms with Gasteiger partial charge in [0.05, 0.1) is 17.9 Å². The Kier molecular flexibility index (Phi) is 1.60. The Balaban J connectivity index is 1.67. The van der Waals surface area contributed by atoms with Crippen LogP contribution in [-0.2, 0) is 5.88 Å². The molecule has 1 aromatic rings. The van der Waals surface area contributed by atoms with Gasteiger partial charge in [-0.25, -0.2) is 4.98 Å². The van der Waals surface area contributed by atoms with Crippen LogP contribution in [0.1, 0.15) is 31.0 Å². The fraction of sp³-hybridized carbons (Fsp3) is 0.750. The van der Waals surface area contributed by atoms with Crippen LogP contribution in [0, 0.1) is 23.7 Å². The molecule has 3 aliphatic rings. The summed E-state index contributed by atoms with van der Waals surface area (Å²) in [7, 11) is 0. The smallest absolute Gasteiger partial charge is 0.0951 e. The number of hydrogen-bond acceptors (Lipinski definition) is 1. The maximum absolute atomic E-state index is 5.93. The molecule has 4 rings (SSSR count). The van der Waals surface area contributed by atoms with Crippen molar-refractivity contribution in [3.05, 3.63) is 18.2 Å². The Labute approximate surface area is 94.6 Å². The Morgan fingerprint density at radius 2 is 2.07 bits per heavy atom. The molecule has 80 valence electrons. The minimum atomic E-state index is 0.602. The number of halogens is 1. The van der Waals surface area contributed by atoms with Crippen molar-refractivity contribution in [3.8, 4) is 0 Å². The lowest BCUT2D eigenvalue weighted by Crippen LogP contribution is -2.06. The number of alkyl halides is 1. The number of hydrogen-bond donors (Lipinski definition) is 0. The molecular formula is C12H15ClN2.